The van der Waals surface area contributed by atoms with Gasteiger partial charge in [-0.05, 0) is 18.2 Å². The molecule has 0 atom stereocenters. The first-order valence-corrected chi connectivity index (χ1v) is 4.03. The quantitative estimate of drug-likeness (QED) is 0.588. The monoisotopic (exact) mass is 215 g/mol. The van der Waals surface area contributed by atoms with Crippen LogP contribution >= 0.6 is 11.6 Å². The molecule has 3 nitrogen and oxygen atoms in total. The molecular formula is C9H7ClFNO2. The number of hydrogen-bond donors (Lipinski definition) is 2. The summed E-state index contributed by atoms with van der Waals surface area (Å²) in [6, 6.07) is 4.04. The summed E-state index contributed by atoms with van der Waals surface area (Å²) in [5.74, 6) is -2.34. The summed E-state index contributed by atoms with van der Waals surface area (Å²) in [6.07, 6.45) is 0. The molecule has 1 aromatic carbocycles. The molecule has 74 valence electrons. The van der Waals surface area contributed by atoms with Gasteiger partial charge in [0.1, 0.15) is 5.75 Å². The molecule has 14 heavy (non-hydrogen) atoms. The second kappa shape index (κ2) is 4.11. The van der Waals surface area contributed by atoms with E-state index in [9.17, 15) is 14.3 Å². The van der Waals surface area contributed by atoms with Gasteiger partial charge in [0.2, 0.25) is 0 Å². The van der Waals surface area contributed by atoms with E-state index < -0.39 is 11.7 Å². The molecule has 0 spiro atoms. The zero-order valence-corrected chi connectivity index (χ0v) is 7.81. The topological polar surface area (TPSA) is 49.3 Å². The fourth-order valence-electron chi connectivity index (χ4n) is 0.799. The van der Waals surface area contributed by atoms with Crippen molar-refractivity contribution in [2.75, 3.05) is 5.32 Å². The van der Waals surface area contributed by atoms with Gasteiger partial charge in [-0.25, -0.2) is 4.39 Å². The van der Waals surface area contributed by atoms with Gasteiger partial charge in [-0.2, -0.15) is 0 Å². The number of phenolic OH excluding ortho intramolecular Hbond substituents is 1. The van der Waals surface area contributed by atoms with E-state index in [1.165, 1.54) is 18.2 Å². The molecule has 1 rings (SSSR count). The van der Waals surface area contributed by atoms with Gasteiger partial charge in [0.15, 0.2) is 5.83 Å². The number of benzene rings is 1. The van der Waals surface area contributed by atoms with Crippen LogP contribution in [0, 0.1) is 0 Å². The molecule has 0 aliphatic heterocycles. The van der Waals surface area contributed by atoms with Gasteiger partial charge in [-0.1, -0.05) is 18.2 Å². The fourth-order valence-corrected chi connectivity index (χ4v) is 0.971. The first-order valence-electron chi connectivity index (χ1n) is 3.65. The van der Waals surface area contributed by atoms with Crippen molar-refractivity contribution >= 4 is 23.2 Å². The Bertz CT molecular complexity index is 392. The van der Waals surface area contributed by atoms with Gasteiger partial charge < -0.3 is 10.4 Å². The summed E-state index contributed by atoms with van der Waals surface area (Å²) in [4.78, 5) is 10.8. The minimum atomic E-state index is -1.13. The van der Waals surface area contributed by atoms with E-state index in [-0.39, 0.29) is 11.4 Å². The highest BCUT2D eigenvalue weighted by molar-refractivity contribution is 6.31. The second-order valence-electron chi connectivity index (χ2n) is 2.52. The van der Waals surface area contributed by atoms with Gasteiger partial charge >= 0.3 is 0 Å². The fraction of sp³-hybridized carbons (Fsp3) is 0. The highest BCUT2D eigenvalue weighted by atomic mass is 35.5. The molecule has 0 saturated heterocycles. The van der Waals surface area contributed by atoms with Crippen LogP contribution < -0.4 is 5.32 Å². The highest BCUT2D eigenvalue weighted by Crippen LogP contribution is 2.26. The lowest BCUT2D eigenvalue weighted by Crippen LogP contribution is -2.11. The standard InChI is InChI=1S/C9H7ClFNO2/c1-5(11)9(14)12-7-4-6(10)2-3-8(7)13/h2-4,13H,1H2,(H,12,14). The molecule has 0 radical (unpaired) electrons. The van der Waals surface area contributed by atoms with Gasteiger partial charge in [0.25, 0.3) is 5.91 Å². The Labute approximate surface area is 84.8 Å². The van der Waals surface area contributed by atoms with Crippen molar-refractivity contribution in [3.05, 3.63) is 35.6 Å². The van der Waals surface area contributed by atoms with Crippen molar-refractivity contribution in [1.29, 1.82) is 0 Å². The first kappa shape index (κ1) is 10.5. The molecule has 0 heterocycles. The summed E-state index contributed by atoms with van der Waals surface area (Å²) in [6.45, 7) is 2.81. The molecule has 0 aliphatic carbocycles. The van der Waals surface area contributed by atoms with Gasteiger partial charge in [-0.15, -0.1) is 0 Å². The van der Waals surface area contributed by atoms with E-state index in [0.29, 0.717) is 5.02 Å². The van der Waals surface area contributed by atoms with Gasteiger partial charge in [0, 0.05) is 5.02 Å². The molecule has 0 aromatic heterocycles. The average Bonchev–Trinajstić information content (AvgIpc) is 2.11. The molecule has 1 amide bonds. The summed E-state index contributed by atoms with van der Waals surface area (Å²) < 4.78 is 12.3. The van der Waals surface area contributed by atoms with E-state index in [4.69, 9.17) is 11.6 Å². The molecule has 5 heteroatoms. The van der Waals surface area contributed by atoms with E-state index in [0.717, 1.165) is 0 Å². The number of aromatic hydroxyl groups is 1. The Morgan fingerprint density at radius 1 is 1.57 bits per heavy atom. The third-order valence-electron chi connectivity index (χ3n) is 1.45. The third kappa shape index (κ3) is 2.47. The Balaban J connectivity index is 2.91. The summed E-state index contributed by atoms with van der Waals surface area (Å²) >= 11 is 5.60. The number of carbonyl (C=O) groups is 1. The summed E-state index contributed by atoms with van der Waals surface area (Å²) in [7, 11) is 0. The van der Waals surface area contributed by atoms with Crippen LogP contribution in [0.1, 0.15) is 0 Å². The van der Waals surface area contributed by atoms with Crippen LogP contribution in [-0.4, -0.2) is 11.0 Å². The van der Waals surface area contributed by atoms with Crippen LogP contribution in [0.15, 0.2) is 30.6 Å². The second-order valence-corrected chi connectivity index (χ2v) is 2.96. The Hall–Kier alpha value is -1.55. The number of halogens is 2. The SMILES string of the molecule is C=C(F)C(=O)Nc1cc(Cl)ccc1O. The molecule has 0 bridgehead atoms. The van der Waals surface area contributed by atoms with Crippen molar-refractivity contribution in [2.24, 2.45) is 0 Å². The van der Waals surface area contributed by atoms with Crippen LogP contribution in [-0.2, 0) is 4.79 Å². The van der Waals surface area contributed by atoms with Crippen molar-refractivity contribution in [3.8, 4) is 5.75 Å². The van der Waals surface area contributed by atoms with E-state index in [1.54, 1.807) is 0 Å². The minimum absolute atomic E-state index is 0.0429. The number of rotatable bonds is 2. The van der Waals surface area contributed by atoms with Crippen LogP contribution in [0.2, 0.25) is 5.02 Å². The van der Waals surface area contributed by atoms with E-state index in [1.807, 2.05) is 0 Å². The van der Waals surface area contributed by atoms with Crippen LogP contribution in [0.3, 0.4) is 0 Å². The molecule has 0 fully saturated rings. The Morgan fingerprint density at radius 3 is 2.79 bits per heavy atom. The number of anilines is 1. The van der Waals surface area contributed by atoms with Gasteiger partial charge in [-0.3, -0.25) is 4.79 Å². The van der Waals surface area contributed by atoms with Crippen LogP contribution in [0.5, 0.6) is 5.75 Å². The number of amides is 1. The predicted molar refractivity (Wildman–Crippen MR) is 52.0 cm³/mol. The normalized spacial score (nSPS) is 9.57. The minimum Gasteiger partial charge on any atom is -0.506 e. The van der Waals surface area contributed by atoms with Gasteiger partial charge in [0.05, 0.1) is 5.69 Å². The average molecular weight is 216 g/mol. The number of hydrogen-bond acceptors (Lipinski definition) is 2. The van der Waals surface area contributed by atoms with Crippen molar-refractivity contribution in [3.63, 3.8) is 0 Å². The number of nitrogens with one attached hydrogen (secondary N) is 1. The maximum Gasteiger partial charge on any atom is 0.283 e. The van der Waals surface area contributed by atoms with E-state index in [2.05, 4.69) is 11.9 Å². The van der Waals surface area contributed by atoms with Crippen molar-refractivity contribution in [1.82, 2.24) is 0 Å². The zero-order chi connectivity index (χ0) is 10.7. The lowest BCUT2D eigenvalue weighted by Gasteiger charge is -2.05. The molecule has 0 saturated carbocycles. The molecule has 1 aromatic rings. The lowest BCUT2D eigenvalue weighted by atomic mass is 10.3. The van der Waals surface area contributed by atoms with Crippen molar-refractivity contribution < 1.29 is 14.3 Å². The molecular weight excluding hydrogens is 209 g/mol. The van der Waals surface area contributed by atoms with E-state index >= 15 is 0 Å². The van der Waals surface area contributed by atoms with Crippen molar-refractivity contribution in [2.45, 2.75) is 0 Å². The lowest BCUT2D eigenvalue weighted by molar-refractivity contribution is -0.114. The largest absolute Gasteiger partial charge is 0.506 e. The Morgan fingerprint density at radius 2 is 2.21 bits per heavy atom. The van der Waals surface area contributed by atoms with Crippen LogP contribution in [0.4, 0.5) is 10.1 Å². The molecule has 0 aliphatic rings. The first-order chi connectivity index (χ1) is 6.50. The third-order valence-corrected chi connectivity index (χ3v) is 1.69. The molecule has 2 N–H and O–H groups in total. The molecule has 0 unspecified atom stereocenters. The highest BCUT2D eigenvalue weighted by Gasteiger charge is 2.09. The smallest absolute Gasteiger partial charge is 0.283 e. The Kier molecular flexibility index (Phi) is 3.09. The summed E-state index contributed by atoms with van der Waals surface area (Å²) in [5.41, 5.74) is 0.0429. The number of phenols is 1. The maximum atomic E-state index is 12.3. The number of carbonyl (C=O) groups excluding carboxylic acids is 1. The summed E-state index contributed by atoms with van der Waals surface area (Å²) in [5, 5.41) is 11.7. The predicted octanol–water partition coefficient (Wildman–Crippen LogP) is 2.47. The zero-order valence-electron chi connectivity index (χ0n) is 7.05. The maximum absolute atomic E-state index is 12.3. The van der Waals surface area contributed by atoms with Crippen LogP contribution in [0.25, 0.3) is 0 Å².